The topological polar surface area (TPSA) is 43.4 Å². The highest BCUT2D eigenvalue weighted by Gasteiger charge is 2.37. The predicted octanol–water partition coefficient (Wildman–Crippen LogP) is 2.23. The fourth-order valence-corrected chi connectivity index (χ4v) is 1.40. The SMILES string of the molecule is CC(=O)OC(C)(C(=O)Cl)c1ccccc1. The van der Waals surface area contributed by atoms with Crippen LogP contribution in [0.4, 0.5) is 0 Å². The van der Waals surface area contributed by atoms with Crippen molar-refractivity contribution in [2.75, 3.05) is 0 Å². The van der Waals surface area contributed by atoms with Crippen molar-refractivity contribution in [3.63, 3.8) is 0 Å². The van der Waals surface area contributed by atoms with Crippen molar-refractivity contribution in [2.24, 2.45) is 0 Å². The second kappa shape index (κ2) is 4.45. The lowest BCUT2D eigenvalue weighted by molar-refractivity contribution is -0.161. The van der Waals surface area contributed by atoms with E-state index < -0.39 is 16.8 Å². The van der Waals surface area contributed by atoms with Gasteiger partial charge in [0.15, 0.2) is 0 Å². The van der Waals surface area contributed by atoms with Crippen LogP contribution in [0.2, 0.25) is 0 Å². The number of hydrogen-bond donors (Lipinski definition) is 0. The van der Waals surface area contributed by atoms with Crippen LogP contribution < -0.4 is 0 Å². The number of benzene rings is 1. The van der Waals surface area contributed by atoms with E-state index in [0.717, 1.165) is 0 Å². The standard InChI is InChI=1S/C11H11ClO3/c1-8(13)15-11(2,10(12)14)9-6-4-3-5-7-9/h3-7H,1-2H3. The van der Waals surface area contributed by atoms with E-state index in [1.807, 2.05) is 0 Å². The number of hydrogen-bond acceptors (Lipinski definition) is 3. The Morgan fingerprint density at radius 2 is 1.80 bits per heavy atom. The molecule has 4 heteroatoms. The van der Waals surface area contributed by atoms with Gasteiger partial charge in [0.05, 0.1) is 0 Å². The monoisotopic (exact) mass is 226 g/mol. The number of esters is 1. The molecule has 0 bridgehead atoms. The van der Waals surface area contributed by atoms with E-state index in [-0.39, 0.29) is 0 Å². The van der Waals surface area contributed by atoms with Crippen LogP contribution in [-0.2, 0) is 19.9 Å². The Hall–Kier alpha value is -1.35. The fourth-order valence-electron chi connectivity index (χ4n) is 1.26. The van der Waals surface area contributed by atoms with Crippen LogP contribution in [0.3, 0.4) is 0 Å². The predicted molar refractivity (Wildman–Crippen MR) is 56.4 cm³/mol. The van der Waals surface area contributed by atoms with Crippen LogP contribution in [0.25, 0.3) is 0 Å². The van der Waals surface area contributed by atoms with Gasteiger partial charge in [-0.15, -0.1) is 0 Å². The molecule has 0 saturated carbocycles. The summed E-state index contributed by atoms with van der Waals surface area (Å²) in [6.07, 6.45) is 0. The molecule has 0 aliphatic heterocycles. The molecule has 0 N–H and O–H groups in total. The first-order chi connectivity index (χ1) is 6.97. The minimum Gasteiger partial charge on any atom is -0.445 e. The first kappa shape index (κ1) is 11.7. The third-order valence-corrected chi connectivity index (χ3v) is 2.41. The molecule has 0 aromatic heterocycles. The summed E-state index contributed by atoms with van der Waals surface area (Å²) in [5, 5.41) is -0.719. The highest BCUT2D eigenvalue weighted by Crippen LogP contribution is 2.28. The molecule has 0 radical (unpaired) electrons. The van der Waals surface area contributed by atoms with Crippen molar-refractivity contribution in [3.05, 3.63) is 35.9 Å². The summed E-state index contributed by atoms with van der Waals surface area (Å²) < 4.78 is 4.96. The van der Waals surface area contributed by atoms with Gasteiger partial charge >= 0.3 is 5.97 Å². The molecule has 80 valence electrons. The van der Waals surface area contributed by atoms with Crippen molar-refractivity contribution in [2.45, 2.75) is 19.4 Å². The van der Waals surface area contributed by atoms with E-state index in [1.54, 1.807) is 30.3 Å². The molecule has 0 fully saturated rings. The summed E-state index contributed by atoms with van der Waals surface area (Å²) in [5.41, 5.74) is -0.852. The van der Waals surface area contributed by atoms with Gasteiger partial charge in [-0.05, 0) is 18.5 Å². The maximum absolute atomic E-state index is 11.3. The van der Waals surface area contributed by atoms with E-state index >= 15 is 0 Å². The van der Waals surface area contributed by atoms with Crippen LogP contribution in [-0.4, -0.2) is 11.2 Å². The Bertz CT molecular complexity index is 375. The quantitative estimate of drug-likeness (QED) is 0.586. The van der Waals surface area contributed by atoms with Crippen LogP contribution in [0.5, 0.6) is 0 Å². The minimum absolute atomic E-state index is 0.546. The van der Waals surface area contributed by atoms with Crippen molar-refractivity contribution >= 4 is 22.8 Å². The number of halogens is 1. The smallest absolute Gasteiger partial charge is 0.304 e. The van der Waals surface area contributed by atoms with Crippen LogP contribution in [0.1, 0.15) is 19.4 Å². The maximum atomic E-state index is 11.3. The molecule has 1 aromatic rings. The van der Waals surface area contributed by atoms with Crippen molar-refractivity contribution < 1.29 is 14.3 Å². The van der Waals surface area contributed by atoms with Gasteiger partial charge < -0.3 is 4.74 Å². The average Bonchev–Trinajstić information content (AvgIpc) is 2.17. The average molecular weight is 227 g/mol. The number of carbonyl (C=O) groups excluding carboxylic acids is 2. The van der Waals surface area contributed by atoms with Crippen molar-refractivity contribution in [1.82, 2.24) is 0 Å². The lowest BCUT2D eigenvalue weighted by atomic mass is 9.97. The maximum Gasteiger partial charge on any atom is 0.304 e. The normalized spacial score (nSPS) is 14.1. The van der Waals surface area contributed by atoms with Gasteiger partial charge in [0.2, 0.25) is 5.60 Å². The summed E-state index contributed by atoms with van der Waals surface area (Å²) in [6, 6.07) is 8.66. The van der Waals surface area contributed by atoms with Gasteiger partial charge in [0, 0.05) is 12.5 Å². The van der Waals surface area contributed by atoms with Gasteiger partial charge in [-0.25, -0.2) is 0 Å². The zero-order valence-corrected chi connectivity index (χ0v) is 9.25. The molecule has 0 amide bonds. The summed E-state index contributed by atoms with van der Waals surface area (Å²) in [5.74, 6) is -0.546. The van der Waals surface area contributed by atoms with Crippen LogP contribution in [0.15, 0.2) is 30.3 Å². The highest BCUT2D eigenvalue weighted by atomic mass is 35.5. The molecule has 1 aromatic carbocycles. The van der Waals surface area contributed by atoms with Crippen LogP contribution in [0, 0.1) is 0 Å². The third kappa shape index (κ3) is 2.57. The van der Waals surface area contributed by atoms with Gasteiger partial charge in [-0.1, -0.05) is 30.3 Å². The van der Waals surface area contributed by atoms with E-state index in [9.17, 15) is 9.59 Å². The molecule has 0 aliphatic rings. The summed E-state index contributed by atoms with van der Waals surface area (Å²) in [6.45, 7) is 2.71. The Kier molecular flexibility index (Phi) is 3.48. The molecule has 0 saturated heterocycles. The zero-order valence-electron chi connectivity index (χ0n) is 8.49. The lowest BCUT2D eigenvalue weighted by Gasteiger charge is -2.25. The number of carbonyl (C=O) groups is 2. The lowest BCUT2D eigenvalue weighted by Crippen LogP contribution is -2.34. The Morgan fingerprint density at radius 3 is 2.20 bits per heavy atom. The Balaban J connectivity index is 3.13. The molecular formula is C11H11ClO3. The molecule has 0 heterocycles. The van der Waals surface area contributed by atoms with E-state index in [2.05, 4.69) is 0 Å². The molecule has 1 atom stereocenters. The fraction of sp³-hybridized carbons (Fsp3) is 0.273. The number of rotatable bonds is 3. The highest BCUT2D eigenvalue weighted by molar-refractivity contribution is 6.65. The first-order valence-electron chi connectivity index (χ1n) is 4.42. The van der Waals surface area contributed by atoms with Gasteiger partial charge in [0.25, 0.3) is 5.24 Å². The molecular weight excluding hydrogens is 216 g/mol. The Morgan fingerprint density at radius 1 is 1.27 bits per heavy atom. The molecule has 1 unspecified atom stereocenters. The van der Waals surface area contributed by atoms with Gasteiger partial charge in [-0.3, -0.25) is 9.59 Å². The largest absolute Gasteiger partial charge is 0.445 e. The summed E-state index contributed by atoms with van der Waals surface area (Å²) in [4.78, 5) is 22.2. The van der Waals surface area contributed by atoms with Gasteiger partial charge in [0.1, 0.15) is 0 Å². The molecule has 0 spiro atoms. The molecule has 0 aliphatic carbocycles. The van der Waals surface area contributed by atoms with E-state index in [4.69, 9.17) is 16.3 Å². The van der Waals surface area contributed by atoms with E-state index in [0.29, 0.717) is 5.56 Å². The van der Waals surface area contributed by atoms with Crippen molar-refractivity contribution in [1.29, 1.82) is 0 Å². The molecule has 3 nitrogen and oxygen atoms in total. The second-order valence-electron chi connectivity index (χ2n) is 3.27. The Labute approximate surface area is 93.0 Å². The van der Waals surface area contributed by atoms with Gasteiger partial charge in [-0.2, -0.15) is 0 Å². The van der Waals surface area contributed by atoms with Crippen molar-refractivity contribution in [3.8, 4) is 0 Å². The number of ether oxygens (including phenoxy) is 1. The summed E-state index contributed by atoms with van der Waals surface area (Å²) in [7, 11) is 0. The minimum atomic E-state index is -1.41. The van der Waals surface area contributed by atoms with Crippen LogP contribution >= 0.6 is 11.6 Å². The third-order valence-electron chi connectivity index (χ3n) is 2.05. The summed E-state index contributed by atoms with van der Waals surface area (Å²) >= 11 is 5.45. The first-order valence-corrected chi connectivity index (χ1v) is 4.79. The molecule has 15 heavy (non-hydrogen) atoms. The van der Waals surface area contributed by atoms with E-state index in [1.165, 1.54) is 13.8 Å². The molecule has 1 rings (SSSR count). The zero-order chi connectivity index (χ0) is 11.5. The second-order valence-corrected chi connectivity index (χ2v) is 3.61.